The van der Waals surface area contributed by atoms with Gasteiger partial charge in [0.15, 0.2) is 6.10 Å². The van der Waals surface area contributed by atoms with Crippen LogP contribution in [-0.2, 0) is 14.3 Å². The van der Waals surface area contributed by atoms with E-state index in [1.54, 1.807) is 0 Å². The van der Waals surface area contributed by atoms with E-state index in [-0.39, 0.29) is 12.0 Å². The lowest BCUT2D eigenvalue weighted by Gasteiger charge is -2.30. The van der Waals surface area contributed by atoms with Gasteiger partial charge in [-0.2, -0.15) is 18.4 Å². The van der Waals surface area contributed by atoms with Crippen molar-refractivity contribution >= 4 is 11.9 Å². The number of piperidine rings is 1. The zero-order valence-corrected chi connectivity index (χ0v) is 11.9. The lowest BCUT2D eigenvalue weighted by Crippen LogP contribution is -2.45. The van der Waals surface area contributed by atoms with Gasteiger partial charge in [-0.1, -0.05) is 13.0 Å². The normalized spacial score (nSPS) is 19.0. The first-order chi connectivity index (χ1) is 10.1. The Morgan fingerprint density at radius 1 is 1.45 bits per heavy atom. The maximum Gasteiger partial charge on any atom is 0.490 e. The molecule has 0 aromatic carbocycles. The highest BCUT2D eigenvalue weighted by Gasteiger charge is 2.38. The van der Waals surface area contributed by atoms with Gasteiger partial charge in [-0.25, -0.2) is 4.79 Å². The standard InChI is InChI=1S/C11H16N2O2.C2HF3O2/c1-8(7-12)11(15-9(2)14)10-5-3-4-6-13-10;3-2(4,5)1(6)7/h10-11,13H,1,3-6H2,2H3;(H,6,7). The molecule has 1 aliphatic rings. The van der Waals surface area contributed by atoms with E-state index in [0.29, 0.717) is 5.57 Å². The van der Waals surface area contributed by atoms with Crippen molar-refractivity contribution in [2.75, 3.05) is 6.54 Å². The van der Waals surface area contributed by atoms with Gasteiger partial charge in [0.2, 0.25) is 0 Å². The van der Waals surface area contributed by atoms with Crippen molar-refractivity contribution < 1.29 is 32.6 Å². The minimum atomic E-state index is -5.08. The highest BCUT2D eigenvalue weighted by Crippen LogP contribution is 2.17. The number of rotatable bonds is 3. The Morgan fingerprint density at radius 3 is 2.32 bits per heavy atom. The van der Waals surface area contributed by atoms with E-state index in [4.69, 9.17) is 19.9 Å². The maximum atomic E-state index is 10.9. The summed E-state index contributed by atoms with van der Waals surface area (Å²) in [7, 11) is 0. The number of halogens is 3. The summed E-state index contributed by atoms with van der Waals surface area (Å²) in [6.07, 6.45) is -2.46. The van der Waals surface area contributed by atoms with Gasteiger partial charge in [-0.3, -0.25) is 4.79 Å². The molecule has 1 fully saturated rings. The van der Waals surface area contributed by atoms with Crippen LogP contribution >= 0.6 is 0 Å². The molecule has 1 rings (SSSR count). The molecule has 2 N–H and O–H groups in total. The Labute approximate surface area is 125 Å². The van der Waals surface area contributed by atoms with Crippen LogP contribution in [0.15, 0.2) is 12.2 Å². The molecule has 0 spiro atoms. The fourth-order valence-electron chi connectivity index (χ4n) is 1.78. The number of aliphatic carboxylic acids is 1. The van der Waals surface area contributed by atoms with Crippen molar-refractivity contribution in [2.45, 2.75) is 44.5 Å². The Morgan fingerprint density at radius 2 is 2.00 bits per heavy atom. The van der Waals surface area contributed by atoms with Crippen molar-refractivity contribution in [1.82, 2.24) is 5.32 Å². The maximum absolute atomic E-state index is 10.9. The number of carboxylic acids is 1. The van der Waals surface area contributed by atoms with Crippen molar-refractivity contribution in [2.24, 2.45) is 0 Å². The zero-order chi connectivity index (χ0) is 17.3. The second-order valence-corrected chi connectivity index (χ2v) is 4.53. The largest absolute Gasteiger partial charge is 0.490 e. The Bertz CT molecular complexity index is 451. The van der Waals surface area contributed by atoms with Gasteiger partial charge in [0.25, 0.3) is 0 Å². The monoisotopic (exact) mass is 322 g/mol. The van der Waals surface area contributed by atoms with Gasteiger partial charge < -0.3 is 15.2 Å². The molecule has 2 unspecified atom stereocenters. The lowest BCUT2D eigenvalue weighted by atomic mass is 9.96. The molecule has 124 valence electrons. The van der Waals surface area contributed by atoms with Crippen LogP contribution in [0.4, 0.5) is 13.2 Å². The average molecular weight is 322 g/mol. The van der Waals surface area contributed by atoms with Crippen molar-refractivity contribution in [1.29, 1.82) is 5.26 Å². The molecular formula is C13H17F3N2O4. The zero-order valence-electron chi connectivity index (χ0n) is 11.9. The van der Waals surface area contributed by atoms with E-state index in [1.165, 1.54) is 6.92 Å². The second kappa shape index (κ2) is 9.04. The molecule has 1 saturated heterocycles. The predicted molar refractivity (Wildman–Crippen MR) is 69.6 cm³/mol. The molecule has 0 aliphatic carbocycles. The Balaban J connectivity index is 0.000000534. The smallest absolute Gasteiger partial charge is 0.475 e. The van der Waals surface area contributed by atoms with E-state index in [9.17, 15) is 18.0 Å². The topological polar surface area (TPSA) is 99.4 Å². The quantitative estimate of drug-likeness (QED) is 0.607. The highest BCUT2D eigenvalue weighted by molar-refractivity contribution is 5.73. The van der Waals surface area contributed by atoms with E-state index in [2.05, 4.69) is 11.9 Å². The molecule has 22 heavy (non-hydrogen) atoms. The lowest BCUT2D eigenvalue weighted by molar-refractivity contribution is -0.192. The average Bonchev–Trinajstić information content (AvgIpc) is 2.44. The number of nitrogens with zero attached hydrogens (tertiary/aromatic N) is 1. The number of hydrogen-bond acceptors (Lipinski definition) is 5. The minimum Gasteiger partial charge on any atom is -0.475 e. The van der Waals surface area contributed by atoms with Crippen LogP contribution in [0.2, 0.25) is 0 Å². The fourth-order valence-corrected chi connectivity index (χ4v) is 1.78. The third kappa shape index (κ3) is 7.64. The first kappa shape index (κ1) is 19.9. The molecule has 0 radical (unpaired) electrons. The predicted octanol–water partition coefficient (Wildman–Crippen LogP) is 1.77. The van der Waals surface area contributed by atoms with E-state index in [1.807, 2.05) is 6.07 Å². The number of alkyl halides is 3. The van der Waals surface area contributed by atoms with Gasteiger partial charge >= 0.3 is 18.1 Å². The molecule has 0 aromatic heterocycles. The van der Waals surface area contributed by atoms with Crippen LogP contribution in [0.25, 0.3) is 0 Å². The van der Waals surface area contributed by atoms with Gasteiger partial charge in [0.1, 0.15) is 0 Å². The van der Waals surface area contributed by atoms with Crippen LogP contribution in [-0.4, -0.2) is 41.9 Å². The van der Waals surface area contributed by atoms with Crippen LogP contribution in [0.3, 0.4) is 0 Å². The number of esters is 1. The third-order valence-corrected chi connectivity index (χ3v) is 2.74. The summed E-state index contributed by atoms with van der Waals surface area (Å²) in [4.78, 5) is 19.8. The van der Waals surface area contributed by atoms with Gasteiger partial charge in [-0.05, 0) is 19.4 Å². The first-order valence-corrected chi connectivity index (χ1v) is 6.39. The molecular weight excluding hydrogens is 305 g/mol. The number of hydrogen-bond donors (Lipinski definition) is 2. The number of carbonyl (C=O) groups is 2. The second-order valence-electron chi connectivity index (χ2n) is 4.53. The molecule has 0 saturated carbocycles. The van der Waals surface area contributed by atoms with E-state index < -0.39 is 18.2 Å². The third-order valence-electron chi connectivity index (χ3n) is 2.74. The van der Waals surface area contributed by atoms with Gasteiger partial charge in [0, 0.05) is 13.0 Å². The summed E-state index contributed by atoms with van der Waals surface area (Å²) in [6.45, 7) is 5.88. The summed E-state index contributed by atoms with van der Waals surface area (Å²) in [6, 6.07) is 1.99. The van der Waals surface area contributed by atoms with E-state index >= 15 is 0 Å². The molecule has 0 amide bonds. The highest BCUT2D eigenvalue weighted by atomic mass is 19.4. The molecule has 1 heterocycles. The first-order valence-electron chi connectivity index (χ1n) is 6.39. The summed E-state index contributed by atoms with van der Waals surface area (Å²) < 4.78 is 36.9. The van der Waals surface area contributed by atoms with Crippen molar-refractivity contribution in [3.63, 3.8) is 0 Å². The van der Waals surface area contributed by atoms with Crippen LogP contribution in [0.5, 0.6) is 0 Å². The number of carboxylic acid groups (broad SMARTS) is 1. The molecule has 0 bridgehead atoms. The van der Waals surface area contributed by atoms with Gasteiger partial charge in [0.05, 0.1) is 11.6 Å². The number of nitriles is 1. The minimum absolute atomic E-state index is 0.0369. The summed E-state index contributed by atoms with van der Waals surface area (Å²) in [5.41, 5.74) is 0.310. The molecule has 9 heteroatoms. The van der Waals surface area contributed by atoms with Crippen LogP contribution in [0, 0.1) is 11.3 Å². The summed E-state index contributed by atoms with van der Waals surface area (Å²) in [5.74, 6) is -3.13. The van der Waals surface area contributed by atoms with E-state index in [0.717, 1.165) is 25.8 Å². The SMILES string of the molecule is C=C(C#N)C(OC(C)=O)C1CCCCN1.O=C(O)C(F)(F)F. The number of carbonyl (C=O) groups excluding carboxylic acids is 1. The molecule has 1 aliphatic heterocycles. The Kier molecular flexibility index (Phi) is 8.19. The molecule has 2 atom stereocenters. The van der Waals surface area contributed by atoms with Crippen LogP contribution in [0.1, 0.15) is 26.2 Å². The number of nitrogens with one attached hydrogen (secondary N) is 1. The Hall–Kier alpha value is -2.08. The van der Waals surface area contributed by atoms with Gasteiger partial charge in [-0.15, -0.1) is 0 Å². The molecule has 6 nitrogen and oxygen atoms in total. The number of ether oxygens (including phenoxy) is 1. The summed E-state index contributed by atoms with van der Waals surface area (Å²) in [5, 5.41) is 19.2. The fraction of sp³-hybridized carbons (Fsp3) is 0.615. The summed E-state index contributed by atoms with van der Waals surface area (Å²) >= 11 is 0. The van der Waals surface area contributed by atoms with Crippen LogP contribution < -0.4 is 5.32 Å². The van der Waals surface area contributed by atoms with Crippen molar-refractivity contribution in [3.05, 3.63) is 12.2 Å². The molecule has 0 aromatic rings. The van der Waals surface area contributed by atoms with Crippen molar-refractivity contribution in [3.8, 4) is 6.07 Å².